The molecule has 1 rings (SSSR count). The molecule has 4 heteroatoms. The van der Waals surface area contributed by atoms with Crippen molar-refractivity contribution in [1.29, 1.82) is 0 Å². The van der Waals surface area contributed by atoms with Gasteiger partial charge >= 0.3 is 37.7 Å². The summed E-state index contributed by atoms with van der Waals surface area (Å²) in [4.78, 5) is 2.05. The Hall–Kier alpha value is 1.14. The third-order valence-corrected chi connectivity index (χ3v) is 1.68. The van der Waals surface area contributed by atoms with Crippen molar-refractivity contribution in [3.05, 3.63) is 0 Å². The summed E-state index contributed by atoms with van der Waals surface area (Å²) in [5.74, 6) is 0. The quantitative estimate of drug-likeness (QED) is 0.464. The second-order valence-electron chi connectivity index (χ2n) is 2.42. The normalized spacial score (nSPS) is 23.4. The van der Waals surface area contributed by atoms with E-state index in [1.54, 1.807) is 0 Å². The summed E-state index contributed by atoms with van der Waals surface area (Å²) < 4.78 is 0. The van der Waals surface area contributed by atoms with Gasteiger partial charge in [-0.1, -0.05) is 0 Å². The molecule has 1 atom stereocenters. The molecule has 0 aromatic rings. The minimum atomic E-state index is -0.271. The van der Waals surface area contributed by atoms with Gasteiger partial charge in [0.2, 0.25) is 0 Å². The third-order valence-electron chi connectivity index (χ3n) is 1.68. The molecule has 0 bridgehead atoms. The van der Waals surface area contributed by atoms with E-state index in [0.29, 0.717) is 0 Å². The molecule has 58 valence electrons. The first kappa shape index (κ1) is 11.1. The van der Waals surface area contributed by atoms with Crippen molar-refractivity contribution in [2.75, 3.05) is 26.2 Å². The Morgan fingerprint density at radius 2 is 1.90 bits per heavy atom. The van der Waals surface area contributed by atoms with Gasteiger partial charge in [-0.25, -0.2) is 0 Å². The summed E-state index contributed by atoms with van der Waals surface area (Å²) in [6.45, 7) is 5.76. The number of aliphatic hydroxyl groups is 1. The SMILES string of the molecule is CC(O)N1CCNCC1.[CaH2]. The van der Waals surface area contributed by atoms with Gasteiger partial charge in [0.1, 0.15) is 6.23 Å². The predicted molar refractivity (Wildman–Crippen MR) is 44.7 cm³/mol. The minimum absolute atomic E-state index is 0. The fourth-order valence-corrected chi connectivity index (χ4v) is 1.06. The number of aliphatic hydroxyl groups excluding tert-OH is 1. The molecule has 2 N–H and O–H groups in total. The predicted octanol–water partition coefficient (Wildman–Crippen LogP) is -1.69. The standard InChI is InChI=1S/C6H14N2O.Ca.2H/c1-6(9)8-4-2-7-3-5-8;;;/h6-7,9H,2-5H2,1H3;;;. The Morgan fingerprint density at radius 1 is 1.40 bits per heavy atom. The first-order valence-corrected chi connectivity index (χ1v) is 3.43. The maximum absolute atomic E-state index is 9.08. The molecule has 10 heavy (non-hydrogen) atoms. The molecule has 1 aliphatic heterocycles. The van der Waals surface area contributed by atoms with Crippen LogP contribution in [-0.2, 0) is 0 Å². The maximum atomic E-state index is 9.08. The van der Waals surface area contributed by atoms with Crippen LogP contribution < -0.4 is 5.32 Å². The number of nitrogens with one attached hydrogen (secondary N) is 1. The van der Waals surface area contributed by atoms with E-state index in [2.05, 4.69) is 10.2 Å². The molecule has 3 nitrogen and oxygen atoms in total. The molecule has 1 saturated heterocycles. The second-order valence-corrected chi connectivity index (χ2v) is 2.42. The summed E-state index contributed by atoms with van der Waals surface area (Å²) in [5, 5.41) is 12.3. The van der Waals surface area contributed by atoms with Crippen molar-refractivity contribution < 1.29 is 5.11 Å². The van der Waals surface area contributed by atoms with Crippen LogP contribution in [0.2, 0.25) is 0 Å². The monoisotopic (exact) mass is 172 g/mol. The molecular formula is C6H16CaN2O. The van der Waals surface area contributed by atoms with E-state index in [1.165, 1.54) is 0 Å². The molecule has 0 aromatic carbocycles. The van der Waals surface area contributed by atoms with Crippen molar-refractivity contribution in [3.63, 3.8) is 0 Å². The van der Waals surface area contributed by atoms with Gasteiger partial charge in [0, 0.05) is 26.2 Å². The summed E-state index contributed by atoms with van der Waals surface area (Å²) >= 11 is 0. The number of nitrogens with zero attached hydrogens (tertiary/aromatic N) is 1. The topological polar surface area (TPSA) is 35.5 Å². The van der Waals surface area contributed by atoms with Gasteiger partial charge in [0.15, 0.2) is 0 Å². The van der Waals surface area contributed by atoms with E-state index < -0.39 is 0 Å². The summed E-state index contributed by atoms with van der Waals surface area (Å²) in [6.07, 6.45) is -0.271. The van der Waals surface area contributed by atoms with Crippen LogP contribution in [0.5, 0.6) is 0 Å². The molecule has 1 heterocycles. The average Bonchev–Trinajstić information content (AvgIpc) is 1.90. The molecular weight excluding hydrogens is 156 g/mol. The molecule has 0 aliphatic carbocycles. The number of rotatable bonds is 1. The average molecular weight is 172 g/mol. The van der Waals surface area contributed by atoms with Gasteiger partial charge in [0.25, 0.3) is 0 Å². The van der Waals surface area contributed by atoms with Crippen LogP contribution in [-0.4, -0.2) is 80.2 Å². The van der Waals surface area contributed by atoms with Crippen molar-refractivity contribution in [3.8, 4) is 0 Å². The van der Waals surface area contributed by atoms with Crippen LogP contribution in [0.4, 0.5) is 0 Å². The number of piperazine rings is 1. The van der Waals surface area contributed by atoms with Gasteiger partial charge in [-0.05, 0) is 6.92 Å². The van der Waals surface area contributed by atoms with E-state index in [0.717, 1.165) is 26.2 Å². The summed E-state index contributed by atoms with van der Waals surface area (Å²) in [5.41, 5.74) is 0. The van der Waals surface area contributed by atoms with Crippen LogP contribution in [0.3, 0.4) is 0 Å². The number of hydrogen-bond acceptors (Lipinski definition) is 3. The van der Waals surface area contributed by atoms with Crippen LogP contribution >= 0.6 is 0 Å². The van der Waals surface area contributed by atoms with Crippen molar-refractivity contribution in [1.82, 2.24) is 10.2 Å². The molecule has 0 radical (unpaired) electrons. The zero-order valence-electron chi connectivity index (χ0n) is 5.80. The van der Waals surface area contributed by atoms with Gasteiger partial charge in [-0.3, -0.25) is 4.90 Å². The fourth-order valence-electron chi connectivity index (χ4n) is 1.06. The first-order chi connectivity index (χ1) is 4.30. The molecule has 1 unspecified atom stereocenters. The van der Waals surface area contributed by atoms with E-state index >= 15 is 0 Å². The van der Waals surface area contributed by atoms with Gasteiger partial charge in [0.05, 0.1) is 0 Å². The molecule has 0 spiro atoms. The van der Waals surface area contributed by atoms with Crippen molar-refractivity contribution >= 4 is 37.7 Å². The van der Waals surface area contributed by atoms with Gasteiger partial charge in [-0.2, -0.15) is 0 Å². The summed E-state index contributed by atoms with van der Waals surface area (Å²) in [7, 11) is 0. The molecule has 1 fully saturated rings. The molecule has 0 aromatic heterocycles. The van der Waals surface area contributed by atoms with E-state index in [-0.39, 0.29) is 44.0 Å². The molecule has 1 aliphatic rings. The van der Waals surface area contributed by atoms with E-state index in [1.807, 2.05) is 6.92 Å². The molecule has 0 saturated carbocycles. The Labute approximate surface area is 91.8 Å². The number of hydrogen-bond donors (Lipinski definition) is 2. The fraction of sp³-hybridized carbons (Fsp3) is 1.00. The van der Waals surface area contributed by atoms with Gasteiger partial charge < -0.3 is 10.4 Å². The van der Waals surface area contributed by atoms with Gasteiger partial charge in [-0.15, -0.1) is 0 Å². The Morgan fingerprint density at radius 3 is 2.20 bits per heavy atom. The first-order valence-electron chi connectivity index (χ1n) is 3.43. The van der Waals surface area contributed by atoms with E-state index in [4.69, 9.17) is 5.11 Å². The Kier molecular flexibility index (Phi) is 6.40. The zero-order valence-corrected chi connectivity index (χ0v) is 5.80. The van der Waals surface area contributed by atoms with Crippen molar-refractivity contribution in [2.24, 2.45) is 0 Å². The second kappa shape index (κ2) is 5.75. The van der Waals surface area contributed by atoms with Crippen LogP contribution in [0.1, 0.15) is 6.92 Å². The zero-order chi connectivity index (χ0) is 6.69. The van der Waals surface area contributed by atoms with E-state index in [9.17, 15) is 0 Å². The third kappa shape index (κ3) is 3.51. The molecule has 0 amide bonds. The van der Waals surface area contributed by atoms with Crippen LogP contribution in [0.25, 0.3) is 0 Å². The van der Waals surface area contributed by atoms with Crippen molar-refractivity contribution in [2.45, 2.75) is 13.2 Å². The van der Waals surface area contributed by atoms with Crippen LogP contribution in [0, 0.1) is 0 Å². The summed E-state index contributed by atoms with van der Waals surface area (Å²) in [6, 6.07) is 0. The Bertz CT molecular complexity index is 83.8. The Balaban J connectivity index is 0.000000810. The van der Waals surface area contributed by atoms with Crippen LogP contribution in [0.15, 0.2) is 0 Å².